The number of hydrogen-bond acceptors (Lipinski definition) is 5. The van der Waals surface area contributed by atoms with Gasteiger partial charge in [-0.25, -0.2) is 4.79 Å². The number of hydrogen-bond donors (Lipinski definition) is 2. The predicted molar refractivity (Wildman–Crippen MR) is 59.0 cm³/mol. The van der Waals surface area contributed by atoms with Crippen molar-refractivity contribution < 1.29 is 4.42 Å². The first-order valence-corrected chi connectivity index (χ1v) is 4.80. The summed E-state index contributed by atoms with van der Waals surface area (Å²) in [5, 5.41) is 0. The Hall–Kier alpha value is -2.11. The van der Waals surface area contributed by atoms with E-state index in [9.17, 15) is 4.79 Å². The lowest BCUT2D eigenvalue weighted by atomic mass is 10.1. The lowest BCUT2D eigenvalue weighted by Gasteiger charge is -2.00. The maximum atomic E-state index is 11.2. The van der Waals surface area contributed by atoms with E-state index in [0.29, 0.717) is 11.6 Å². The Morgan fingerprint density at radius 1 is 1.19 bits per heavy atom. The van der Waals surface area contributed by atoms with Gasteiger partial charge in [-0.05, 0) is 20.8 Å². The molecule has 0 saturated heterocycles. The zero-order valence-corrected chi connectivity index (χ0v) is 9.29. The Labute approximate surface area is 91.5 Å². The summed E-state index contributed by atoms with van der Waals surface area (Å²) in [7, 11) is 0. The molecule has 3 N–H and O–H groups in total. The fourth-order valence-corrected chi connectivity index (χ4v) is 1.66. The van der Waals surface area contributed by atoms with Crippen LogP contribution < -0.4 is 11.4 Å². The number of aromatic nitrogens is 3. The molecule has 6 nitrogen and oxygen atoms in total. The number of nitrogens with two attached hydrogens (primary N) is 1. The zero-order chi connectivity index (χ0) is 11.9. The number of aromatic amines is 1. The molecule has 0 saturated carbocycles. The Morgan fingerprint density at radius 3 is 2.38 bits per heavy atom. The topological polar surface area (TPSA) is 97.8 Å². The summed E-state index contributed by atoms with van der Waals surface area (Å²) < 4.78 is 5.46. The molecule has 0 amide bonds. The molecule has 0 aromatic carbocycles. The highest BCUT2D eigenvalue weighted by atomic mass is 16.3. The van der Waals surface area contributed by atoms with Crippen molar-refractivity contribution >= 4 is 5.95 Å². The van der Waals surface area contributed by atoms with E-state index < -0.39 is 5.69 Å². The monoisotopic (exact) mass is 220 g/mol. The number of nitrogens with zero attached hydrogens (tertiary/aromatic N) is 2. The Kier molecular flexibility index (Phi) is 2.26. The van der Waals surface area contributed by atoms with E-state index in [1.807, 2.05) is 20.8 Å². The molecule has 0 radical (unpaired) electrons. The van der Waals surface area contributed by atoms with Crippen molar-refractivity contribution in [2.75, 3.05) is 5.73 Å². The lowest BCUT2D eigenvalue weighted by Crippen LogP contribution is -2.15. The minimum Gasteiger partial charge on any atom is -0.466 e. The van der Waals surface area contributed by atoms with E-state index in [1.54, 1.807) is 0 Å². The van der Waals surface area contributed by atoms with Gasteiger partial charge in [-0.2, -0.15) is 9.97 Å². The van der Waals surface area contributed by atoms with Crippen LogP contribution in [0.3, 0.4) is 0 Å². The van der Waals surface area contributed by atoms with Crippen LogP contribution in [0, 0.1) is 20.8 Å². The first-order chi connectivity index (χ1) is 7.49. The van der Waals surface area contributed by atoms with Gasteiger partial charge in [0, 0.05) is 5.56 Å². The second kappa shape index (κ2) is 3.48. The SMILES string of the molecule is Cc1oc(C)c(-c2nc(N)nc(=O)[nH]2)c1C. The van der Waals surface area contributed by atoms with Crippen LogP contribution in [0.15, 0.2) is 9.21 Å². The predicted octanol–water partition coefficient (Wildman–Crippen LogP) is 0.932. The summed E-state index contributed by atoms with van der Waals surface area (Å²) >= 11 is 0. The molecule has 0 unspecified atom stereocenters. The summed E-state index contributed by atoms with van der Waals surface area (Å²) in [6.45, 7) is 5.57. The fourth-order valence-electron chi connectivity index (χ4n) is 1.66. The van der Waals surface area contributed by atoms with Crippen LogP contribution in [0.2, 0.25) is 0 Å². The first-order valence-electron chi connectivity index (χ1n) is 4.80. The van der Waals surface area contributed by atoms with Crippen molar-refractivity contribution in [3.05, 3.63) is 27.6 Å². The second-order valence-electron chi connectivity index (χ2n) is 3.57. The van der Waals surface area contributed by atoms with E-state index >= 15 is 0 Å². The molecule has 2 heterocycles. The summed E-state index contributed by atoms with van der Waals surface area (Å²) in [4.78, 5) is 21.2. The third-order valence-corrected chi connectivity index (χ3v) is 2.47. The standard InChI is InChI=1S/C10H12N4O2/c1-4-5(2)16-6(3)7(4)8-12-9(11)14-10(15)13-8/h1-3H3,(H3,11,12,13,14,15). The Balaban J connectivity index is 2.71. The van der Waals surface area contributed by atoms with Gasteiger partial charge in [0.1, 0.15) is 17.3 Å². The largest absolute Gasteiger partial charge is 0.466 e. The summed E-state index contributed by atoms with van der Waals surface area (Å²) in [5.74, 6) is 1.84. The molecular weight excluding hydrogens is 208 g/mol. The molecule has 2 aromatic heterocycles. The number of rotatable bonds is 1. The number of furan rings is 1. The summed E-state index contributed by atoms with van der Waals surface area (Å²) in [5.41, 5.74) is 6.62. The van der Waals surface area contributed by atoms with Crippen LogP contribution in [0.5, 0.6) is 0 Å². The van der Waals surface area contributed by atoms with E-state index in [4.69, 9.17) is 10.2 Å². The Morgan fingerprint density at radius 2 is 1.88 bits per heavy atom. The molecule has 84 valence electrons. The highest BCUT2D eigenvalue weighted by Crippen LogP contribution is 2.28. The zero-order valence-electron chi connectivity index (χ0n) is 9.29. The van der Waals surface area contributed by atoms with Crippen molar-refractivity contribution in [3.63, 3.8) is 0 Å². The van der Waals surface area contributed by atoms with Gasteiger partial charge in [-0.3, -0.25) is 4.98 Å². The van der Waals surface area contributed by atoms with Crippen molar-refractivity contribution in [1.82, 2.24) is 15.0 Å². The molecule has 16 heavy (non-hydrogen) atoms. The number of nitrogens with one attached hydrogen (secondary N) is 1. The third-order valence-electron chi connectivity index (χ3n) is 2.47. The maximum Gasteiger partial charge on any atom is 0.349 e. The van der Waals surface area contributed by atoms with Gasteiger partial charge in [-0.1, -0.05) is 0 Å². The molecule has 2 aromatic rings. The number of aryl methyl sites for hydroxylation is 2. The van der Waals surface area contributed by atoms with Gasteiger partial charge < -0.3 is 10.2 Å². The molecule has 0 aliphatic heterocycles. The van der Waals surface area contributed by atoms with Crippen LogP contribution in [0.4, 0.5) is 5.95 Å². The molecular formula is C10H12N4O2. The maximum absolute atomic E-state index is 11.2. The fraction of sp³-hybridized carbons (Fsp3) is 0.300. The highest BCUT2D eigenvalue weighted by molar-refractivity contribution is 5.63. The average Bonchev–Trinajstić information content (AvgIpc) is 2.39. The van der Waals surface area contributed by atoms with Crippen molar-refractivity contribution in [2.24, 2.45) is 0 Å². The van der Waals surface area contributed by atoms with Gasteiger partial charge in [0.2, 0.25) is 5.95 Å². The summed E-state index contributed by atoms with van der Waals surface area (Å²) in [6.07, 6.45) is 0. The minimum absolute atomic E-state index is 0.0450. The first kappa shape index (κ1) is 10.4. The van der Waals surface area contributed by atoms with Gasteiger partial charge in [0.25, 0.3) is 0 Å². The van der Waals surface area contributed by atoms with E-state index in [1.165, 1.54) is 0 Å². The van der Waals surface area contributed by atoms with Crippen molar-refractivity contribution in [1.29, 1.82) is 0 Å². The minimum atomic E-state index is -0.514. The van der Waals surface area contributed by atoms with Crippen molar-refractivity contribution in [2.45, 2.75) is 20.8 Å². The van der Waals surface area contributed by atoms with Crippen molar-refractivity contribution in [3.8, 4) is 11.4 Å². The van der Waals surface area contributed by atoms with Crippen LogP contribution in [0.25, 0.3) is 11.4 Å². The van der Waals surface area contributed by atoms with Gasteiger partial charge in [-0.15, -0.1) is 0 Å². The Bertz CT molecular complexity index is 597. The number of nitrogen functional groups attached to an aromatic ring is 1. The third kappa shape index (κ3) is 1.58. The van der Waals surface area contributed by atoms with Gasteiger partial charge in [0.15, 0.2) is 0 Å². The number of H-pyrrole nitrogens is 1. The van der Waals surface area contributed by atoms with E-state index in [-0.39, 0.29) is 5.95 Å². The normalized spacial score (nSPS) is 10.7. The molecule has 6 heteroatoms. The quantitative estimate of drug-likeness (QED) is 0.745. The van der Waals surface area contributed by atoms with Crippen LogP contribution >= 0.6 is 0 Å². The van der Waals surface area contributed by atoms with Crippen LogP contribution in [-0.4, -0.2) is 15.0 Å². The van der Waals surface area contributed by atoms with Crippen LogP contribution in [-0.2, 0) is 0 Å². The van der Waals surface area contributed by atoms with E-state index in [2.05, 4.69) is 15.0 Å². The number of anilines is 1. The van der Waals surface area contributed by atoms with Crippen LogP contribution in [0.1, 0.15) is 17.1 Å². The van der Waals surface area contributed by atoms with E-state index in [0.717, 1.165) is 16.9 Å². The van der Waals surface area contributed by atoms with Gasteiger partial charge in [0.05, 0.1) is 5.56 Å². The highest BCUT2D eigenvalue weighted by Gasteiger charge is 2.15. The molecule has 0 fully saturated rings. The van der Waals surface area contributed by atoms with Gasteiger partial charge >= 0.3 is 5.69 Å². The molecule has 0 bridgehead atoms. The average molecular weight is 220 g/mol. The molecule has 0 atom stereocenters. The molecule has 0 spiro atoms. The second-order valence-corrected chi connectivity index (χ2v) is 3.57. The smallest absolute Gasteiger partial charge is 0.349 e. The lowest BCUT2D eigenvalue weighted by molar-refractivity contribution is 0.503. The molecule has 2 rings (SSSR count). The summed E-state index contributed by atoms with van der Waals surface area (Å²) in [6, 6.07) is 0. The molecule has 0 aliphatic rings. The molecule has 0 aliphatic carbocycles.